The Morgan fingerprint density at radius 1 is 1.00 bits per heavy atom. The van der Waals surface area contributed by atoms with Crippen LogP contribution in [0.4, 0.5) is 0 Å². The monoisotopic (exact) mass is 449 g/mol. The van der Waals surface area contributed by atoms with Crippen LogP contribution in [0.15, 0.2) is 42.7 Å². The van der Waals surface area contributed by atoms with Crippen LogP contribution in [-0.4, -0.2) is 64.9 Å². The predicted octanol–water partition coefficient (Wildman–Crippen LogP) is 1.78. The van der Waals surface area contributed by atoms with E-state index in [9.17, 15) is 14.4 Å². The summed E-state index contributed by atoms with van der Waals surface area (Å²) in [5.74, 6) is -1.26. The summed E-state index contributed by atoms with van der Waals surface area (Å²) in [7, 11) is 0. The summed E-state index contributed by atoms with van der Waals surface area (Å²) in [6, 6.07) is 7.64. The van der Waals surface area contributed by atoms with Crippen molar-refractivity contribution >= 4 is 40.9 Å². The Bertz CT molecular complexity index is 941. The van der Waals surface area contributed by atoms with Gasteiger partial charge < -0.3 is 20.9 Å². The van der Waals surface area contributed by atoms with Crippen LogP contribution < -0.4 is 11.1 Å². The minimum absolute atomic E-state index is 0.224. The summed E-state index contributed by atoms with van der Waals surface area (Å²) in [4.78, 5) is 46.0. The van der Waals surface area contributed by atoms with Crippen molar-refractivity contribution in [1.82, 2.24) is 20.1 Å². The molecule has 1 atom stereocenters. The molecule has 1 fully saturated rings. The van der Waals surface area contributed by atoms with Crippen molar-refractivity contribution in [3.05, 3.63) is 63.9 Å². The van der Waals surface area contributed by atoms with E-state index in [2.05, 4.69) is 10.3 Å². The number of nitrogens with zero attached hydrogens (tertiary/aromatic N) is 3. The molecular formula is C20H21Cl2N5O3. The minimum atomic E-state index is -1.12. The molecule has 1 saturated heterocycles. The van der Waals surface area contributed by atoms with Crippen LogP contribution in [-0.2, 0) is 4.79 Å². The number of halogens is 2. The largest absolute Gasteiger partial charge is 0.351 e. The van der Waals surface area contributed by atoms with Gasteiger partial charge >= 0.3 is 0 Å². The molecule has 158 valence electrons. The molecule has 0 bridgehead atoms. The average Bonchev–Trinajstić information content (AvgIpc) is 2.78. The molecule has 1 aliphatic heterocycles. The molecule has 30 heavy (non-hydrogen) atoms. The first-order valence-corrected chi connectivity index (χ1v) is 10.1. The molecule has 1 aromatic carbocycles. The van der Waals surface area contributed by atoms with Crippen molar-refractivity contribution < 1.29 is 14.4 Å². The van der Waals surface area contributed by atoms with E-state index >= 15 is 0 Å². The van der Waals surface area contributed by atoms with Gasteiger partial charge in [-0.05, 0) is 36.8 Å². The lowest BCUT2D eigenvalue weighted by Gasteiger charge is -2.42. The summed E-state index contributed by atoms with van der Waals surface area (Å²) in [5, 5.41) is 3.23. The SMILES string of the molecule is NCCNC(=O)C1N(C(=O)c2ccncc2)CCCN1C(=O)c1ccc(Cl)c(Cl)c1. The summed E-state index contributed by atoms with van der Waals surface area (Å²) in [5.41, 5.74) is 6.16. The van der Waals surface area contributed by atoms with Gasteiger partial charge in [-0.3, -0.25) is 19.4 Å². The van der Waals surface area contributed by atoms with Crippen LogP contribution >= 0.6 is 23.2 Å². The van der Waals surface area contributed by atoms with E-state index in [4.69, 9.17) is 28.9 Å². The topological polar surface area (TPSA) is 109 Å². The molecule has 3 rings (SSSR count). The Balaban J connectivity index is 1.95. The fourth-order valence-electron chi connectivity index (χ4n) is 3.27. The fourth-order valence-corrected chi connectivity index (χ4v) is 3.57. The second kappa shape index (κ2) is 9.88. The van der Waals surface area contributed by atoms with Gasteiger partial charge in [0.15, 0.2) is 6.17 Å². The van der Waals surface area contributed by atoms with Crippen molar-refractivity contribution in [3.8, 4) is 0 Å². The van der Waals surface area contributed by atoms with Crippen LogP contribution in [0.2, 0.25) is 10.0 Å². The number of rotatable bonds is 5. The number of benzene rings is 1. The van der Waals surface area contributed by atoms with E-state index in [-0.39, 0.29) is 29.6 Å². The molecule has 1 unspecified atom stereocenters. The maximum Gasteiger partial charge on any atom is 0.263 e. The van der Waals surface area contributed by atoms with Crippen LogP contribution in [0.25, 0.3) is 0 Å². The van der Waals surface area contributed by atoms with Crippen LogP contribution in [0, 0.1) is 0 Å². The molecule has 1 aliphatic rings. The molecule has 3 amide bonds. The third kappa shape index (κ3) is 4.72. The second-order valence-electron chi connectivity index (χ2n) is 6.67. The maximum atomic E-state index is 13.2. The van der Waals surface area contributed by atoms with Gasteiger partial charge in [-0.1, -0.05) is 23.2 Å². The average molecular weight is 450 g/mol. The summed E-state index contributed by atoms with van der Waals surface area (Å²) in [6.07, 6.45) is 2.40. The zero-order valence-corrected chi connectivity index (χ0v) is 17.6. The van der Waals surface area contributed by atoms with Crippen molar-refractivity contribution in [1.29, 1.82) is 0 Å². The molecular weight excluding hydrogens is 429 g/mol. The van der Waals surface area contributed by atoms with E-state index in [0.717, 1.165) is 0 Å². The number of nitrogens with one attached hydrogen (secondary N) is 1. The van der Waals surface area contributed by atoms with E-state index in [1.807, 2.05) is 0 Å². The Morgan fingerprint density at radius 3 is 2.23 bits per heavy atom. The summed E-state index contributed by atoms with van der Waals surface area (Å²) in [6.45, 7) is 1.09. The Hall–Kier alpha value is -2.68. The highest BCUT2D eigenvalue weighted by Gasteiger charge is 2.40. The number of aromatic nitrogens is 1. The highest BCUT2D eigenvalue weighted by molar-refractivity contribution is 6.42. The van der Waals surface area contributed by atoms with Gasteiger partial charge in [-0.2, -0.15) is 0 Å². The second-order valence-corrected chi connectivity index (χ2v) is 7.48. The molecule has 8 nitrogen and oxygen atoms in total. The number of hydrogen-bond acceptors (Lipinski definition) is 5. The van der Waals surface area contributed by atoms with Crippen molar-refractivity contribution in [3.63, 3.8) is 0 Å². The quantitative estimate of drug-likeness (QED) is 0.722. The van der Waals surface area contributed by atoms with Crippen molar-refractivity contribution in [2.24, 2.45) is 5.73 Å². The number of nitrogens with two attached hydrogens (primary N) is 1. The normalized spacial score (nSPS) is 16.3. The molecule has 3 N–H and O–H groups in total. The lowest BCUT2D eigenvalue weighted by Crippen LogP contribution is -2.63. The molecule has 10 heteroatoms. The smallest absolute Gasteiger partial charge is 0.263 e. The number of hydrogen-bond donors (Lipinski definition) is 2. The molecule has 2 heterocycles. The van der Waals surface area contributed by atoms with Gasteiger partial charge in [-0.25, -0.2) is 0 Å². The lowest BCUT2D eigenvalue weighted by molar-refractivity contribution is -0.132. The predicted molar refractivity (Wildman–Crippen MR) is 113 cm³/mol. The number of carbonyl (C=O) groups excluding carboxylic acids is 3. The summed E-state index contributed by atoms with van der Waals surface area (Å²) >= 11 is 12.0. The highest BCUT2D eigenvalue weighted by Crippen LogP contribution is 2.25. The first kappa shape index (κ1) is 22.0. The van der Waals surface area contributed by atoms with Gasteiger partial charge in [0.05, 0.1) is 10.0 Å². The minimum Gasteiger partial charge on any atom is -0.351 e. The first-order valence-electron chi connectivity index (χ1n) is 9.39. The zero-order chi connectivity index (χ0) is 21.7. The van der Waals surface area contributed by atoms with E-state index in [1.54, 1.807) is 12.1 Å². The van der Waals surface area contributed by atoms with Crippen LogP contribution in [0.1, 0.15) is 27.1 Å². The van der Waals surface area contributed by atoms with Gasteiger partial charge in [0.2, 0.25) is 0 Å². The standard InChI is InChI=1S/C20H21Cl2N5O3/c21-15-3-2-14(12-16(15)22)20(30)27-11-1-10-26(18(27)17(28)25-9-6-23)19(29)13-4-7-24-8-5-13/h2-5,7-8,12,18H,1,6,9-11,23H2,(H,25,28). The summed E-state index contributed by atoms with van der Waals surface area (Å²) < 4.78 is 0. The molecule has 0 aliphatic carbocycles. The number of pyridine rings is 1. The van der Waals surface area contributed by atoms with Gasteiger partial charge in [0, 0.05) is 49.7 Å². The van der Waals surface area contributed by atoms with Gasteiger partial charge in [0.1, 0.15) is 0 Å². The molecule has 2 aromatic rings. The third-order valence-corrected chi connectivity index (χ3v) is 5.42. The fraction of sp³-hybridized carbons (Fsp3) is 0.300. The Kier molecular flexibility index (Phi) is 7.25. The maximum absolute atomic E-state index is 13.2. The zero-order valence-electron chi connectivity index (χ0n) is 16.1. The van der Waals surface area contributed by atoms with Gasteiger partial charge in [0.25, 0.3) is 17.7 Å². The van der Waals surface area contributed by atoms with Crippen LogP contribution in [0.3, 0.4) is 0 Å². The Labute approximate surface area is 183 Å². The molecule has 1 aromatic heterocycles. The van der Waals surface area contributed by atoms with Gasteiger partial charge in [-0.15, -0.1) is 0 Å². The molecule has 0 spiro atoms. The lowest BCUT2D eigenvalue weighted by atomic mass is 10.1. The van der Waals surface area contributed by atoms with E-state index in [0.29, 0.717) is 30.1 Å². The highest BCUT2D eigenvalue weighted by atomic mass is 35.5. The first-order chi connectivity index (χ1) is 14.4. The van der Waals surface area contributed by atoms with Crippen LogP contribution in [0.5, 0.6) is 0 Å². The van der Waals surface area contributed by atoms with E-state index in [1.165, 1.54) is 40.4 Å². The Morgan fingerprint density at radius 2 is 1.63 bits per heavy atom. The number of carbonyl (C=O) groups is 3. The molecule has 0 saturated carbocycles. The van der Waals surface area contributed by atoms with Crippen molar-refractivity contribution in [2.75, 3.05) is 26.2 Å². The third-order valence-electron chi connectivity index (χ3n) is 4.68. The molecule has 0 radical (unpaired) electrons. The number of amides is 3. The van der Waals surface area contributed by atoms with E-state index < -0.39 is 18.0 Å². The van der Waals surface area contributed by atoms with Crippen molar-refractivity contribution in [2.45, 2.75) is 12.6 Å².